The van der Waals surface area contributed by atoms with Gasteiger partial charge in [-0.05, 0) is 24.3 Å². The van der Waals surface area contributed by atoms with E-state index >= 15 is 0 Å². The van der Waals surface area contributed by atoms with Crippen molar-refractivity contribution in [3.8, 4) is 5.75 Å². The summed E-state index contributed by atoms with van der Waals surface area (Å²) < 4.78 is 53.7. The number of aliphatic hydroxyl groups is 2. The van der Waals surface area contributed by atoms with Gasteiger partial charge in [0.25, 0.3) is 0 Å². The minimum Gasteiger partial charge on any atom is -0.491 e. The molecule has 0 radical (unpaired) electrons. The number of hydrogen-bond donors (Lipinski definition) is 2. The van der Waals surface area contributed by atoms with E-state index in [0.717, 1.165) is 12.1 Å². The van der Waals surface area contributed by atoms with Crippen LogP contribution in [0.15, 0.2) is 24.3 Å². The molecule has 3 fully saturated rings. The average Bonchev–Trinajstić information content (AvgIpc) is 3.21. The molecule has 7 atom stereocenters. The van der Waals surface area contributed by atoms with Crippen LogP contribution < -0.4 is 4.74 Å². The van der Waals surface area contributed by atoms with Gasteiger partial charge in [-0.25, -0.2) is 0 Å². The Balaban J connectivity index is 1.30. The van der Waals surface area contributed by atoms with Gasteiger partial charge in [-0.1, -0.05) is 0 Å². The molecule has 2 heterocycles. The third kappa shape index (κ3) is 3.63. The van der Waals surface area contributed by atoms with Crippen molar-refractivity contribution in [2.45, 2.75) is 49.5 Å². The van der Waals surface area contributed by atoms with E-state index in [-0.39, 0.29) is 42.7 Å². The van der Waals surface area contributed by atoms with E-state index in [4.69, 9.17) is 14.2 Å². The van der Waals surface area contributed by atoms with Crippen molar-refractivity contribution in [1.82, 2.24) is 0 Å². The van der Waals surface area contributed by atoms with Gasteiger partial charge in [0, 0.05) is 18.3 Å². The minimum absolute atomic E-state index is 0.120. The summed E-state index contributed by atoms with van der Waals surface area (Å²) in [5.74, 6) is -0.488. The first-order valence-corrected chi connectivity index (χ1v) is 8.75. The molecule has 2 saturated heterocycles. The molecule has 4 rings (SSSR count). The second-order valence-electron chi connectivity index (χ2n) is 7.24. The van der Waals surface area contributed by atoms with E-state index in [1.54, 1.807) is 0 Å². The van der Waals surface area contributed by atoms with Gasteiger partial charge in [0.05, 0.1) is 24.2 Å². The molecule has 148 valence electrons. The number of ether oxygens (including phenoxy) is 3. The topological polar surface area (TPSA) is 88.5 Å². The zero-order valence-electron chi connectivity index (χ0n) is 14.1. The van der Waals surface area contributed by atoms with Crippen molar-refractivity contribution >= 4 is 5.97 Å². The van der Waals surface area contributed by atoms with Crippen LogP contribution >= 0.6 is 0 Å². The fraction of sp³-hybridized carbons (Fsp3) is 0.611. The Morgan fingerprint density at radius 2 is 1.96 bits per heavy atom. The highest BCUT2D eigenvalue weighted by atomic mass is 19.4. The predicted molar refractivity (Wildman–Crippen MR) is 83.7 cm³/mol. The highest BCUT2D eigenvalue weighted by molar-refractivity contribution is 5.72. The van der Waals surface area contributed by atoms with Crippen molar-refractivity contribution in [2.75, 3.05) is 6.61 Å². The first-order valence-electron chi connectivity index (χ1n) is 8.75. The number of carbonyl (C=O) groups is 1. The summed E-state index contributed by atoms with van der Waals surface area (Å²) in [6.07, 6.45) is -6.72. The van der Waals surface area contributed by atoms with Crippen molar-refractivity contribution < 1.29 is 42.4 Å². The maximum Gasteiger partial charge on any atom is 0.416 e. The Morgan fingerprint density at radius 3 is 2.63 bits per heavy atom. The number of alkyl halides is 3. The fourth-order valence-electron chi connectivity index (χ4n) is 4.15. The molecule has 0 amide bonds. The summed E-state index contributed by atoms with van der Waals surface area (Å²) in [4.78, 5) is 11.4. The van der Waals surface area contributed by atoms with Crippen LogP contribution in [-0.4, -0.2) is 53.3 Å². The Kier molecular flexibility index (Phi) is 4.56. The number of fused-ring (bicyclic) bond motifs is 1. The first-order chi connectivity index (χ1) is 12.7. The van der Waals surface area contributed by atoms with Gasteiger partial charge < -0.3 is 24.4 Å². The van der Waals surface area contributed by atoms with Gasteiger partial charge in [-0.15, -0.1) is 0 Å². The molecule has 1 aliphatic carbocycles. The quantitative estimate of drug-likeness (QED) is 0.588. The number of benzene rings is 1. The molecule has 2 aliphatic heterocycles. The lowest BCUT2D eigenvalue weighted by atomic mass is 9.87. The van der Waals surface area contributed by atoms with Crippen LogP contribution in [0.4, 0.5) is 13.2 Å². The molecule has 9 heteroatoms. The maximum absolute atomic E-state index is 12.5. The normalized spacial score (nSPS) is 36.3. The molecule has 2 N–H and O–H groups in total. The van der Waals surface area contributed by atoms with Crippen LogP contribution in [0.2, 0.25) is 0 Å². The molecule has 2 unspecified atom stereocenters. The van der Waals surface area contributed by atoms with Gasteiger partial charge in [-0.3, -0.25) is 4.79 Å². The van der Waals surface area contributed by atoms with Crippen molar-refractivity contribution in [3.05, 3.63) is 29.8 Å². The Bertz CT molecular complexity index is 706. The Hall–Kier alpha value is -1.84. The van der Waals surface area contributed by atoms with Crippen LogP contribution in [0.25, 0.3) is 0 Å². The minimum atomic E-state index is -4.42. The van der Waals surface area contributed by atoms with E-state index in [1.165, 1.54) is 12.1 Å². The van der Waals surface area contributed by atoms with Gasteiger partial charge in [0.15, 0.2) is 0 Å². The van der Waals surface area contributed by atoms with Crippen LogP contribution in [0.5, 0.6) is 5.75 Å². The second-order valence-corrected chi connectivity index (χ2v) is 7.24. The SMILES string of the molecule is O=C1C[C@@H]2[C@@H]([C@H]3OC3C(O)COc3ccc(C(F)(F)F)cc3)[C@H](O)C[C@@H]2O1. The molecule has 1 aromatic rings. The number of carbonyl (C=O) groups excluding carboxylic acids is 1. The predicted octanol–water partition coefficient (Wildman–Crippen LogP) is 1.52. The van der Waals surface area contributed by atoms with E-state index in [2.05, 4.69) is 0 Å². The summed E-state index contributed by atoms with van der Waals surface area (Å²) in [5, 5.41) is 20.4. The third-order valence-electron chi connectivity index (χ3n) is 5.50. The van der Waals surface area contributed by atoms with Gasteiger partial charge in [-0.2, -0.15) is 13.2 Å². The summed E-state index contributed by atoms with van der Waals surface area (Å²) in [5.41, 5.74) is -0.779. The van der Waals surface area contributed by atoms with Crippen molar-refractivity contribution in [2.24, 2.45) is 11.8 Å². The number of esters is 1. The van der Waals surface area contributed by atoms with Crippen molar-refractivity contribution in [1.29, 1.82) is 0 Å². The summed E-state index contributed by atoms with van der Waals surface area (Å²) >= 11 is 0. The highest BCUT2D eigenvalue weighted by Crippen LogP contribution is 2.49. The van der Waals surface area contributed by atoms with E-state index in [1.807, 2.05) is 0 Å². The average molecular weight is 388 g/mol. The Morgan fingerprint density at radius 1 is 1.26 bits per heavy atom. The molecule has 0 bridgehead atoms. The fourth-order valence-corrected chi connectivity index (χ4v) is 4.15. The number of aliphatic hydroxyl groups excluding tert-OH is 2. The molecule has 1 saturated carbocycles. The second kappa shape index (κ2) is 6.65. The molecule has 0 spiro atoms. The molecule has 1 aromatic carbocycles. The number of rotatable bonds is 5. The third-order valence-corrected chi connectivity index (χ3v) is 5.50. The lowest BCUT2D eigenvalue weighted by Crippen LogP contribution is -2.32. The summed E-state index contributed by atoms with van der Waals surface area (Å²) in [7, 11) is 0. The molecule has 3 aliphatic rings. The van der Waals surface area contributed by atoms with Crippen LogP contribution in [0, 0.1) is 11.8 Å². The van der Waals surface area contributed by atoms with Crippen LogP contribution in [-0.2, 0) is 20.4 Å². The van der Waals surface area contributed by atoms with Crippen molar-refractivity contribution in [3.63, 3.8) is 0 Å². The van der Waals surface area contributed by atoms with Gasteiger partial charge >= 0.3 is 12.1 Å². The molecule has 0 aromatic heterocycles. The Labute approximate surface area is 152 Å². The molecule has 6 nitrogen and oxygen atoms in total. The zero-order chi connectivity index (χ0) is 19.3. The number of hydrogen-bond acceptors (Lipinski definition) is 6. The lowest BCUT2D eigenvalue weighted by Gasteiger charge is -2.17. The standard InChI is InChI=1S/C18H19F3O6/c19-18(20,21)8-1-3-9(4-2-8)25-7-12(23)16-17(27-16)15-10-5-14(24)26-13(10)6-11(15)22/h1-4,10-13,15-17,22-23H,5-7H2/t10-,11+,12?,13-,15+,16?,17+/m0/s1. The maximum atomic E-state index is 12.5. The molecular formula is C18H19F3O6. The zero-order valence-corrected chi connectivity index (χ0v) is 14.1. The first kappa shape index (κ1) is 18.5. The highest BCUT2D eigenvalue weighted by Gasteiger charge is 2.60. The molecular weight excluding hydrogens is 369 g/mol. The number of epoxide rings is 1. The van der Waals surface area contributed by atoms with Gasteiger partial charge in [0.1, 0.15) is 30.7 Å². The van der Waals surface area contributed by atoms with E-state index in [9.17, 15) is 28.2 Å². The van der Waals surface area contributed by atoms with E-state index < -0.39 is 36.2 Å². The van der Waals surface area contributed by atoms with E-state index in [0.29, 0.717) is 6.42 Å². The smallest absolute Gasteiger partial charge is 0.416 e. The van der Waals surface area contributed by atoms with Gasteiger partial charge in [0.2, 0.25) is 0 Å². The molecule has 27 heavy (non-hydrogen) atoms. The van der Waals surface area contributed by atoms with Crippen LogP contribution in [0.1, 0.15) is 18.4 Å². The monoisotopic (exact) mass is 388 g/mol. The lowest BCUT2D eigenvalue weighted by molar-refractivity contribution is -0.142. The van der Waals surface area contributed by atoms with Crippen LogP contribution in [0.3, 0.4) is 0 Å². The largest absolute Gasteiger partial charge is 0.491 e. The summed E-state index contributed by atoms with van der Waals surface area (Å²) in [6.45, 7) is -0.154. The number of halogens is 3. The summed E-state index contributed by atoms with van der Waals surface area (Å²) in [6, 6.07) is 4.19.